The van der Waals surface area contributed by atoms with Crippen molar-refractivity contribution in [2.24, 2.45) is 0 Å². The van der Waals surface area contributed by atoms with Gasteiger partial charge in [0.25, 0.3) is 0 Å². The highest BCUT2D eigenvalue weighted by molar-refractivity contribution is 8.02. The maximum absolute atomic E-state index is 13.0. The first-order valence-electron chi connectivity index (χ1n) is 7.98. The van der Waals surface area contributed by atoms with Gasteiger partial charge in [0.1, 0.15) is 5.25 Å². The van der Waals surface area contributed by atoms with Crippen molar-refractivity contribution in [2.75, 3.05) is 12.4 Å². The van der Waals surface area contributed by atoms with Gasteiger partial charge in [-0.25, -0.2) is 0 Å². The highest BCUT2D eigenvalue weighted by atomic mass is 32.2. The van der Waals surface area contributed by atoms with Crippen LogP contribution in [0.5, 0.6) is 0 Å². The molecule has 134 valence electrons. The standard InChI is InChI=1S/C16H19N3O3S3/c1-10(12(20)22-2)24-15-19-18-14(25-15)17-13(21)16(7-3-4-8-16)11-6-5-9-23-11/h5-6,9-10H,3-4,7-8H2,1-2H3,(H,17,18,21). The molecule has 0 spiro atoms. The number of hydrogen-bond acceptors (Lipinski definition) is 8. The van der Waals surface area contributed by atoms with E-state index < -0.39 is 5.41 Å². The molecule has 1 aliphatic rings. The van der Waals surface area contributed by atoms with Gasteiger partial charge in [-0.1, -0.05) is 42.0 Å². The molecule has 9 heteroatoms. The molecule has 2 heterocycles. The average Bonchev–Trinajstić information content (AvgIpc) is 3.35. The number of carbonyl (C=O) groups excluding carboxylic acids is 2. The number of rotatable bonds is 6. The van der Waals surface area contributed by atoms with E-state index in [2.05, 4.69) is 15.5 Å². The zero-order chi connectivity index (χ0) is 17.9. The Morgan fingerprint density at radius 2 is 2.12 bits per heavy atom. The normalized spacial score (nSPS) is 17.2. The highest BCUT2D eigenvalue weighted by Gasteiger charge is 2.43. The lowest BCUT2D eigenvalue weighted by atomic mass is 9.83. The quantitative estimate of drug-likeness (QED) is 0.455. The lowest BCUT2D eigenvalue weighted by molar-refractivity contribution is -0.139. The van der Waals surface area contributed by atoms with Crippen LogP contribution in [0.2, 0.25) is 0 Å². The largest absolute Gasteiger partial charge is 0.468 e. The Labute approximate surface area is 158 Å². The first-order chi connectivity index (χ1) is 12.0. The van der Waals surface area contributed by atoms with Crippen molar-refractivity contribution < 1.29 is 14.3 Å². The van der Waals surface area contributed by atoms with E-state index in [1.807, 2.05) is 17.5 Å². The van der Waals surface area contributed by atoms with E-state index in [4.69, 9.17) is 4.74 Å². The monoisotopic (exact) mass is 397 g/mol. The fraction of sp³-hybridized carbons (Fsp3) is 0.500. The van der Waals surface area contributed by atoms with Gasteiger partial charge in [0.2, 0.25) is 11.0 Å². The minimum absolute atomic E-state index is 0.0128. The molecule has 0 aromatic carbocycles. The number of methoxy groups -OCH3 is 1. The molecule has 2 aromatic heterocycles. The molecule has 1 amide bonds. The molecule has 0 bridgehead atoms. The van der Waals surface area contributed by atoms with E-state index in [1.165, 1.54) is 30.2 Å². The molecule has 1 N–H and O–H groups in total. The van der Waals surface area contributed by atoms with Crippen LogP contribution >= 0.6 is 34.4 Å². The lowest BCUT2D eigenvalue weighted by Crippen LogP contribution is -2.37. The Balaban J connectivity index is 1.70. The van der Waals surface area contributed by atoms with E-state index in [0.29, 0.717) is 9.47 Å². The van der Waals surface area contributed by atoms with Gasteiger partial charge in [0.05, 0.1) is 12.5 Å². The zero-order valence-corrected chi connectivity index (χ0v) is 16.4. The number of hydrogen-bond donors (Lipinski definition) is 1. The van der Waals surface area contributed by atoms with Gasteiger partial charge in [0, 0.05) is 4.88 Å². The van der Waals surface area contributed by atoms with Gasteiger partial charge in [-0.15, -0.1) is 21.5 Å². The number of ether oxygens (including phenoxy) is 1. The van der Waals surface area contributed by atoms with Crippen LogP contribution in [0.15, 0.2) is 21.9 Å². The van der Waals surface area contributed by atoms with Gasteiger partial charge in [-0.05, 0) is 31.2 Å². The minimum Gasteiger partial charge on any atom is -0.468 e. The molecule has 0 radical (unpaired) electrons. The summed E-state index contributed by atoms with van der Waals surface area (Å²) in [5, 5.41) is 13.1. The number of nitrogens with zero attached hydrogens (tertiary/aromatic N) is 2. The first kappa shape index (κ1) is 18.3. The Bertz CT molecular complexity index is 739. The summed E-state index contributed by atoms with van der Waals surface area (Å²) in [5.41, 5.74) is -0.452. The summed E-state index contributed by atoms with van der Waals surface area (Å²) in [5.74, 6) is -0.324. The van der Waals surface area contributed by atoms with Crippen molar-refractivity contribution in [3.05, 3.63) is 22.4 Å². The molecule has 1 saturated carbocycles. The topological polar surface area (TPSA) is 81.2 Å². The Hall–Kier alpha value is -1.45. The van der Waals surface area contributed by atoms with Crippen molar-refractivity contribution in [2.45, 2.75) is 47.6 Å². The third-order valence-corrected chi connectivity index (χ3v) is 7.40. The number of aromatic nitrogens is 2. The smallest absolute Gasteiger partial charge is 0.318 e. The number of thiophene rings is 1. The summed E-state index contributed by atoms with van der Waals surface area (Å²) < 4.78 is 5.34. The van der Waals surface area contributed by atoms with E-state index in [9.17, 15) is 9.59 Å². The van der Waals surface area contributed by atoms with Gasteiger partial charge in [-0.2, -0.15) is 0 Å². The van der Waals surface area contributed by atoms with Crippen LogP contribution in [0.25, 0.3) is 0 Å². The summed E-state index contributed by atoms with van der Waals surface area (Å²) in [6, 6.07) is 4.02. The van der Waals surface area contributed by atoms with Crippen molar-refractivity contribution in [3.8, 4) is 0 Å². The fourth-order valence-corrected chi connectivity index (χ4v) is 5.91. The zero-order valence-electron chi connectivity index (χ0n) is 14.0. The Kier molecular flexibility index (Phi) is 5.75. The van der Waals surface area contributed by atoms with Crippen molar-refractivity contribution in [1.82, 2.24) is 10.2 Å². The van der Waals surface area contributed by atoms with Gasteiger partial charge >= 0.3 is 5.97 Å². The van der Waals surface area contributed by atoms with Crippen LogP contribution in [0.1, 0.15) is 37.5 Å². The minimum atomic E-state index is -0.452. The second-order valence-electron chi connectivity index (χ2n) is 5.88. The molecule has 0 saturated heterocycles. The molecule has 1 fully saturated rings. The summed E-state index contributed by atoms with van der Waals surface area (Å²) >= 11 is 4.18. The molecule has 1 unspecified atom stereocenters. The number of nitrogens with one attached hydrogen (secondary N) is 1. The van der Waals surface area contributed by atoms with Crippen LogP contribution < -0.4 is 5.32 Å². The predicted octanol–water partition coefficient (Wildman–Crippen LogP) is 3.70. The number of carbonyl (C=O) groups is 2. The van der Waals surface area contributed by atoms with Crippen LogP contribution in [-0.2, 0) is 19.7 Å². The molecule has 0 aliphatic heterocycles. The first-order valence-corrected chi connectivity index (χ1v) is 10.6. The van der Waals surface area contributed by atoms with E-state index in [1.54, 1.807) is 18.3 Å². The summed E-state index contributed by atoms with van der Waals surface area (Å²) in [4.78, 5) is 25.6. The molecular weight excluding hydrogens is 378 g/mol. The van der Waals surface area contributed by atoms with Crippen molar-refractivity contribution in [3.63, 3.8) is 0 Å². The van der Waals surface area contributed by atoms with Crippen LogP contribution in [0.4, 0.5) is 5.13 Å². The molecule has 2 aromatic rings. The molecule has 25 heavy (non-hydrogen) atoms. The predicted molar refractivity (Wildman–Crippen MR) is 100 cm³/mol. The average molecular weight is 398 g/mol. The number of anilines is 1. The third-order valence-electron chi connectivity index (χ3n) is 4.32. The molecule has 3 rings (SSSR count). The molecular formula is C16H19N3O3S3. The second-order valence-corrected chi connectivity index (χ2v) is 9.39. The number of amides is 1. The van der Waals surface area contributed by atoms with E-state index in [-0.39, 0.29) is 17.1 Å². The van der Waals surface area contributed by atoms with Gasteiger partial charge in [0.15, 0.2) is 4.34 Å². The second kappa shape index (κ2) is 7.84. The highest BCUT2D eigenvalue weighted by Crippen LogP contribution is 2.44. The maximum atomic E-state index is 13.0. The lowest BCUT2D eigenvalue weighted by Gasteiger charge is -2.25. The number of thioether (sulfide) groups is 1. The molecule has 1 atom stereocenters. The summed E-state index contributed by atoms with van der Waals surface area (Å²) in [6.45, 7) is 1.75. The summed E-state index contributed by atoms with van der Waals surface area (Å²) in [7, 11) is 1.36. The Morgan fingerprint density at radius 3 is 2.76 bits per heavy atom. The maximum Gasteiger partial charge on any atom is 0.318 e. The summed E-state index contributed by atoms with van der Waals surface area (Å²) in [6.07, 6.45) is 3.83. The fourth-order valence-electron chi connectivity index (χ4n) is 3.00. The van der Waals surface area contributed by atoms with Crippen LogP contribution in [0.3, 0.4) is 0 Å². The van der Waals surface area contributed by atoms with Gasteiger partial charge in [-0.3, -0.25) is 14.9 Å². The SMILES string of the molecule is COC(=O)C(C)Sc1nnc(NC(=O)C2(c3cccs3)CCCC2)s1. The molecule has 6 nitrogen and oxygen atoms in total. The van der Waals surface area contributed by atoms with Crippen molar-refractivity contribution >= 4 is 51.4 Å². The van der Waals surface area contributed by atoms with E-state index >= 15 is 0 Å². The van der Waals surface area contributed by atoms with Crippen LogP contribution in [0, 0.1) is 0 Å². The third kappa shape index (κ3) is 3.88. The van der Waals surface area contributed by atoms with E-state index in [0.717, 1.165) is 30.6 Å². The Morgan fingerprint density at radius 1 is 1.36 bits per heavy atom. The number of esters is 1. The van der Waals surface area contributed by atoms with Gasteiger partial charge < -0.3 is 4.74 Å². The van der Waals surface area contributed by atoms with Crippen molar-refractivity contribution in [1.29, 1.82) is 0 Å². The van der Waals surface area contributed by atoms with Crippen LogP contribution in [-0.4, -0.2) is 34.4 Å². The molecule has 1 aliphatic carbocycles.